The lowest BCUT2D eigenvalue weighted by atomic mass is 10.1. The van der Waals surface area contributed by atoms with Gasteiger partial charge >= 0.3 is 0 Å². The van der Waals surface area contributed by atoms with Crippen molar-refractivity contribution in [2.45, 2.75) is 52.7 Å². The van der Waals surface area contributed by atoms with Crippen LogP contribution in [-0.4, -0.2) is 63.4 Å². The Morgan fingerprint density at radius 1 is 1.24 bits per heavy atom. The third kappa shape index (κ3) is 10.00. The lowest BCUT2D eigenvalue weighted by Gasteiger charge is -2.26. The lowest BCUT2D eigenvalue weighted by molar-refractivity contribution is 0.0372. The van der Waals surface area contributed by atoms with E-state index in [0.717, 1.165) is 69.5 Å². The maximum absolute atomic E-state index is 6.10. The number of aryl methyl sites for hydroxylation is 1. The highest BCUT2D eigenvalue weighted by Gasteiger charge is 2.10. The van der Waals surface area contributed by atoms with Gasteiger partial charge in [0.2, 0.25) is 0 Å². The molecule has 6 nitrogen and oxygen atoms in total. The van der Waals surface area contributed by atoms with Crippen LogP contribution in [-0.2, 0) is 11.3 Å². The highest BCUT2D eigenvalue weighted by Crippen LogP contribution is 2.22. The molecule has 0 saturated carbocycles. The molecule has 1 fully saturated rings. The first kappa shape index (κ1) is 26.0. The minimum Gasteiger partial charge on any atom is -0.490 e. The van der Waals surface area contributed by atoms with Gasteiger partial charge in [-0.2, -0.15) is 0 Å². The van der Waals surface area contributed by atoms with E-state index in [-0.39, 0.29) is 30.1 Å². The summed E-state index contributed by atoms with van der Waals surface area (Å²) in [5.41, 5.74) is 2.37. The van der Waals surface area contributed by atoms with Gasteiger partial charge < -0.3 is 20.1 Å². The standard InChI is InChI=1S/C22H38N4O2.HI/c1-5-19(3)28-21-16-18(2)8-9-20(21)17-25-22(23-4)24-10-6-7-11-26-12-14-27-15-13-26;/h8-9,16,19H,5-7,10-15,17H2,1-4H3,(H2,23,24,25);1H. The van der Waals surface area contributed by atoms with Gasteiger partial charge in [-0.1, -0.05) is 19.1 Å². The Labute approximate surface area is 193 Å². The predicted octanol–water partition coefficient (Wildman–Crippen LogP) is 3.57. The zero-order valence-corrected chi connectivity index (χ0v) is 20.8. The Hall–Kier alpha value is -1.06. The van der Waals surface area contributed by atoms with Gasteiger partial charge in [0, 0.05) is 38.8 Å². The van der Waals surface area contributed by atoms with E-state index in [1.807, 2.05) is 7.05 Å². The first-order valence-corrected chi connectivity index (χ1v) is 10.6. The lowest BCUT2D eigenvalue weighted by Crippen LogP contribution is -2.38. The topological polar surface area (TPSA) is 58.1 Å². The van der Waals surface area contributed by atoms with Crippen LogP contribution in [0.2, 0.25) is 0 Å². The molecule has 29 heavy (non-hydrogen) atoms. The van der Waals surface area contributed by atoms with Crippen molar-refractivity contribution in [2.24, 2.45) is 4.99 Å². The molecule has 1 aromatic carbocycles. The second-order valence-electron chi connectivity index (χ2n) is 7.46. The van der Waals surface area contributed by atoms with E-state index in [0.29, 0.717) is 6.54 Å². The summed E-state index contributed by atoms with van der Waals surface area (Å²) >= 11 is 0. The molecule has 2 rings (SSSR count). The molecule has 0 radical (unpaired) electrons. The minimum atomic E-state index is 0. The third-order valence-corrected chi connectivity index (χ3v) is 5.09. The summed E-state index contributed by atoms with van der Waals surface area (Å²) in [5, 5.41) is 6.82. The van der Waals surface area contributed by atoms with Gasteiger partial charge in [0.25, 0.3) is 0 Å². The van der Waals surface area contributed by atoms with Crippen LogP contribution in [0, 0.1) is 6.92 Å². The fraction of sp³-hybridized carbons (Fsp3) is 0.682. The van der Waals surface area contributed by atoms with Gasteiger partial charge in [0.1, 0.15) is 5.75 Å². The van der Waals surface area contributed by atoms with Crippen molar-refractivity contribution in [3.63, 3.8) is 0 Å². The average Bonchev–Trinajstić information content (AvgIpc) is 2.71. The van der Waals surface area contributed by atoms with Gasteiger partial charge in [0.05, 0.1) is 19.3 Å². The molecule has 0 spiro atoms. The third-order valence-electron chi connectivity index (χ3n) is 5.09. The number of halogens is 1. The maximum atomic E-state index is 6.10. The predicted molar refractivity (Wildman–Crippen MR) is 132 cm³/mol. The van der Waals surface area contributed by atoms with Crippen LogP contribution >= 0.6 is 24.0 Å². The quantitative estimate of drug-likeness (QED) is 0.215. The summed E-state index contributed by atoms with van der Waals surface area (Å²) in [5.74, 6) is 1.80. The number of guanidine groups is 1. The summed E-state index contributed by atoms with van der Waals surface area (Å²) < 4.78 is 11.5. The van der Waals surface area contributed by atoms with Crippen molar-refractivity contribution in [3.05, 3.63) is 29.3 Å². The molecular formula is C22H39IN4O2. The van der Waals surface area contributed by atoms with Crippen LogP contribution in [0.1, 0.15) is 44.2 Å². The summed E-state index contributed by atoms with van der Waals surface area (Å²) in [6.45, 7) is 13.0. The number of unbranched alkanes of at least 4 members (excludes halogenated alkanes) is 1. The number of hydrogen-bond donors (Lipinski definition) is 2. The van der Waals surface area contributed by atoms with E-state index in [4.69, 9.17) is 9.47 Å². The number of aliphatic imine (C=N–C) groups is 1. The molecule has 1 aliphatic rings. The molecule has 0 amide bonds. The molecule has 0 aromatic heterocycles. The van der Waals surface area contributed by atoms with Crippen molar-refractivity contribution in [1.82, 2.24) is 15.5 Å². The number of benzene rings is 1. The van der Waals surface area contributed by atoms with E-state index in [1.54, 1.807) is 0 Å². The molecule has 166 valence electrons. The van der Waals surface area contributed by atoms with Crippen molar-refractivity contribution in [2.75, 3.05) is 46.4 Å². The van der Waals surface area contributed by atoms with E-state index in [9.17, 15) is 0 Å². The van der Waals surface area contributed by atoms with Crippen LogP contribution in [0.25, 0.3) is 0 Å². The second kappa shape index (κ2) is 14.8. The fourth-order valence-electron chi connectivity index (χ4n) is 3.11. The molecule has 2 N–H and O–H groups in total. The monoisotopic (exact) mass is 518 g/mol. The van der Waals surface area contributed by atoms with Crippen molar-refractivity contribution in [1.29, 1.82) is 0 Å². The number of nitrogens with one attached hydrogen (secondary N) is 2. The van der Waals surface area contributed by atoms with Crippen molar-refractivity contribution < 1.29 is 9.47 Å². The van der Waals surface area contributed by atoms with Crippen LogP contribution in [0.4, 0.5) is 0 Å². The van der Waals surface area contributed by atoms with Gasteiger partial charge in [-0.3, -0.25) is 9.89 Å². The van der Waals surface area contributed by atoms with E-state index < -0.39 is 0 Å². The molecule has 1 aliphatic heterocycles. The van der Waals surface area contributed by atoms with Crippen molar-refractivity contribution in [3.8, 4) is 5.75 Å². The van der Waals surface area contributed by atoms with Crippen molar-refractivity contribution >= 4 is 29.9 Å². The number of morpholine rings is 1. The summed E-state index contributed by atoms with van der Waals surface area (Å²) in [6.07, 6.45) is 3.53. The average molecular weight is 518 g/mol. The molecule has 1 atom stereocenters. The van der Waals surface area contributed by atoms with E-state index >= 15 is 0 Å². The Balaban J connectivity index is 0.00000420. The zero-order chi connectivity index (χ0) is 20.2. The molecule has 7 heteroatoms. The van der Waals surface area contributed by atoms with Gasteiger partial charge in [-0.25, -0.2) is 0 Å². The molecule has 1 heterocycles. The number of ether oxygens (including phenoxy) is 2. The largest absolute Gasteiger partial charge is 0.490 e. The SMILES string of the molecule is CCC(C)Oc1cc(C)ccc1CNC(=NC)NCCCCN1CCOCC1.I. The Morgan fingerprint density at radius 2 is 2.00 bits per heavy atom. The number of nitrogens with zero attached hydrogens (tertiary/aromatic N) is 2. The normalized spacial score (nSPS) is 16.1. The molecule has 1 aromatic rings. The molecule has 1 unspecified atom stereocenters. The first-order chi connectivity index (χ1) is 13.6. The first-order valence-electron chi connectivity index (χ1n) is 10.6. The van der Waals surface area contributed by atoms with Crippen LogP contribution in [0.15, 0.2) is 23.2 Å². The summed E-state index contributed by atoms with van der Waals surface area (Å²) in [7, 11) is 1.81. The summed E-state index contributed by atoms with van der Waals surface area (Å²) in [4.78, 5) is 6.82. The van der Waals surface area contributed by atoms with Crippen LogP contribution in [0.3, 0.4) is 0 Å². The van der Waals surface area contributed by atoms with E-state index in [1.165, 1.54) is 12.0 Å². The van der Waals surface area contributed by atoms with Crippen LogP contribution in [0.5, 0.6) is 5.75 Å². The van der Waals surface area contributed by atoms with Crippen LogP contribution < -0.4 is 15.4 Å². The van der Waals surface area contributed by atoms with Gasteiger partial charge in [-0.05, 0) is 51.3 Å². The molecule has 1 saturated heterocycles. The zero-order valence-electron chi connectivity index (χ0n) is 18.5. The number of hydrogen-bond acceptors (Lipinski definition) is 4. The van der Waals surface area contributed by atoms with Gasteiger partial charge in [-0.15, -0.1) is 24.0 Å². The minimum absolute atomic E-state index is 0. The summed E-state index contributed by atoms with van der Waals surface area (Å²) in [6, 6.07) is 6.38. The molecule has 0 bridgehead atoms. The highest BCUT2D eigenvalue weighted by atomic mass is 127. The number of rotatable bonds is 10. The smallest absolute Gasteiger partial charge is 0.191 e. The Morgan fingerprint density at radius 3 is 2.69 bits per heavy atom. The fourth-order valence-corrected chi connectivity index (χ4v) is 3.11. The molecule has 0 aliphatic carbocycles. The van der Waals surface area contributed by atoms with Gasteiger partial charge in [0.15, 0.2) is 5.96 Å². The molecular weight excluding hydrogens is 479 g/mol. The second-order valence-corrected chi connectivity index (χ2v) is 7.46. The van der Waals surface area contributed by atoms with E-state index in [2.05, 4.69) is 59.5 Å². The maximum Gasteiger partial charge on any atom is 0.191 e. The highest BCUT2D eigenvalue weighted by molar-refractivity contribution is 14.0. The Bertz CT molecular complexity index is 606. The Kier molecular flexibility index (Phi) is 13.3.